The minimum absolute atomic E-state index is 0.131. The molecule has 0 saturated heterocycles. The van der Waals surface area contributed by atoms with E-state index in [1.807, 2.05) is 5.32 Å². The molecule has 0 heterocycles. The molecule has 0 bridgehead atoms. The predicted molar refractivity (Wildman–Crippen MR) is 107 cm³/mol. The molecule has 6 nitrogen and oxygen atoms in total. The molecule has 30 heavy (non-hydrogen) atoms. The SMILES string of the molecule is CC(O)(C(=O)Nc1ccc([S+]([O-])c2ccc(OCCCN)cc2)cc1Cl)C(F)(F)F. The van der Waals surface area contributed by atoms with Crippen LogP contribution in [-0.4, -0.2) is 40.5 Å². The number of carbonyl (C=O) groups is 1. The van der Waals surface area contributed by atoms with E-state index in [0.717, 1.165) is 0 Å². The summed E-state index contributed by atoms with van der Waals surface area (Å²) in [5, 5.41) is 11.2. The van der Waals surface area contributed by atoms with Gasteiger partial charge in [-0.2, -0.15) is 13.2 Å². The Kier molecular flexibility index (Phi) is 8.00. The molecule has 0 spiro atoms. The van der Waals surface area contributed by atoms with Crippen LogP contribution in [0.2, 0.25) is 5.02 Å². The summed E-state index contributed by atoms with van der Waals surface area (Å²) in [6.07, 6.45) is -4.46. The second-order valence-corrected chi connectivity index (χ2v) is 8.28. The van der Waals surface area contributed by atoms with Crippen molar-refractivity contribution in [3.05, 3.63) is 47.5 Å². The molecule has 0 aromatic heterocycles. The van der Waals surface area contributed by atoms with E-state index < -0.39 is 28.9 Å². The van der Waals surface area contributed by atoms with Crippen molar-refractivity contribution in [2.24, 2.45) is 5.73 Å². The number of nitrogens with two attached hydrogens (primary N) is 1. The second-order valence-electron chi connectivity index (χ2n) is 6.40. The molecule has 0 saturated carbocycles. The van der Waals surface area contributed by atoms with Gasteiger partial charge in [-0.3, -0.25) is 4.79 Å². The highest BCUT2D eigenvalue weighted by Crippen LogP contribution is 2.33. The fourth-order valence-electron chi connectivity index (χ4n) is 2.15. The Morgan fingerprint density at radius 1 is 1.23 bits per heavy atom. The second kappa shape index (κ2) is 9.88. The summed E-state index contributed by atoms with van der Waals surface area (Å²) in [7, 11) is 0. The van der Waals surface area contributed by atoms with Crippen LogP contribution in [0.1, 0.15) is 13.3 Å². The van der Waals surface area contributed by atoms with Crippen LogP contribution in [-0.2, 0) is 16.0 Å². The maximum absolute atomic E-state index is 12.8. The van der Waals surface area contributed by atoms with E-state index in [-0.39, 0.29) is 15.6 Å². The topological polar surface area (TPSA) is 108 Å². The van der Waals surface area contributed by atoms with E-state index in [0.29, 0.717) is 37.1 Å². The lowest BCUT2D eigenvalue weighted by molar-refractivity contribution is -0.242. The van der Waals surface area contributed by atoms with Crippen molar-refractivity contribution >= 4 is 34.4 Å². The summed E-state index contributed by atoms with van der Waals surface area (Å²) in [6.45, 7) is 1.30. The molecule has 1 amide bonds. The van der Waals surface area contributed by atoms with Gasteiger partial charge in [-0.25, -0.2) is 0 Å². The summed E-state index contributed by atoms with van der Waals surface area (Å²) in [5.41, 5.74) is 1.65. The van der Waals surface area contributed by atoms with E-state index in [4.69, 9.17) is 22.1 Å². The number of alkyl halides is 3. The molecule has 164 valence electrons. The van der Waals surface area contributed by atoms with Crippen LogP contribution in [0, 0.1) is 0 Å². The molecule has 0 aliphatic rings. The number of rotatable bonds is 8. The largest absolute Gasteiger partial charge is 0.606 e. The molecule has 2 rings (SSSR count). The Balaban J connectivity index is 2.11. The number of hydrogen-bond donors (Lipinski definition) is 3. The van der Waals surface area contributed by atoms with Crippen molar-refractivity contribution in [1.29, 1.82) is 0 Å². The lowest BCUT2D eigenvalue weighted by Crippen LogP contribution is -2.52. The van der Waals surface area contributed by atoms with Gasteiger partial charge in [0.15, 0.2) is 9.79 Å². The molecule has 2 unspecified atom stereocenters. The van der Waals surface area contributed by atoms with Crippen LogP contribution in [0.5, 0.6) is 5.75 Å². The molecule has 0 fully saturated rings. The van der Waals surface area contributed by atoms with Crippen molar-refractivity contribution in [3.8, 4) is 5.75 Å². The Morgan fingerprint density at radius 2 is 1.83 bits per heavy atom. The minimum Gasteiger partial charge on any atom is -0.606 e. The number of hydrogen-bond acceptors (Lipinski definition) is 5. The molecule has 0 radical (unpaired) electrons. The maximum Gasteiger partial charge on any atom is 0.426 e. The van der Waals surface area contributed by atoms with E-state index >= 15 is 0 Å². The molecule has 2 atom stereocenters. The molecule has 0 aliphatic carbocycles. The Hall–Kier alpha value is -1.98. The Bertz CT molecular complexity index is 879. The zero-order chi connectivity index (χ0) is 22.5. The minimum atomic E-state index is -5.16. The van der Waals surface area contributed by atoms with Crippen LogP contribution >= 0.6 is 11.6 Å². The molecular formula is C19H20ClF3N2O4S. The third kappa shape index (κ3) is 5.79. The van der Waals surface area contributed by atoms with E-state index in [2.05, 4.69) is 0 Å². The highest BCUT2D eigenvalue weighted by atomic mass is 35.5. The van der Waals surface area contributed by atoms with Crippen LogP contribution in [0.4, 0.5) is 18.9 Å². The smallest absolute Gasteiger partial charge is 0.426 e. The standard InChI is InChI=1S/C19H20ClF3N2O4S/c1-18(27,19(21,22)23)17(26)25-16-8-7-14(11-15(16)20)30(28)13-5-3-12(4-6-13)29-10-2-9-24/h3-8,11,27H,2,9-10,24H2,1H3,(H,25,26). The summed E-state index contributed by atoms with van der Waals surface area (Å²) in [5.74, 6) is -1.09. The van der Waals surface area contributed by atoms with Gasteiger partial charge in [-0.15, -0.1) is 0 Å². The molecule has 2 aromatic rings. The molecule has 11 heteroatoms. The molecule has 4 N–H and O–H groups in total. The first kappa shape index (κ1) is 24.3. The number of halogens is 4. The van der Waals surface area contributed by atoms with Crippen molar-refractivity contribution in [2.45, 2.75) is 34.9 Å². The van der Waals surface area contributed by atoms with Crippen LogP contribution in [0.15, 0.2) is 52.3 Å². The van der Waals surface area contributed by atoms with Crippen molar-refractivity contribution < 1.29 is 32.4 Å². The highest BCUT2D eigenvalue weighted by molar-refractivity contribution is 7.91. The van der Waals surface area contributed by atoms with Gasteiger partial charge in [0.1, 0.15) is 5.75 Å². The zero-order valence-electron chi connectivity index (χ0n) is 15.8. The van der Waals surface area contributed by atoms with E-state index in [9.17, 15) is 27.6 Å². The Morgan fingerprint density at radius 3 is 2.37 bits per heavy atom. The van der Waals surface area contributed by atoms with Gasteiger partial charge in [-0.1, -0.05) is 11.6 Å². The van der Waals surface area contributed by atoms with E-state index in [1.165, 1.54) is 18.2 Å². The first-order chi connectivity index (χ1) is 14.0. The van der Waals surface area contributed by atoms with Crippen LogP contribution in [0.25, 0.3) is 0 Å². The number of anilines is 1. The fourth-order valence-corrected chi connectivity index (χ4v) is 3.52. The van der Waals surface area contributed by atoms with Crippen LogP contribution < -0.4 is 15.8 Å². The number of nitrogens with one attached hydrogen (secondary N) is 1. The van der Waals surface area contributed by atoms with E-state index in [1.54, 1.807) is 24.3 Å². The summed E-state index contributed by atoms with van der Waals surface area (Å²) >= 11 is 4.40. The number of ether oxygens (including phenoxy) is 1. The van der Waals surface area contributed by atoms with Crippen LogP contribution in [0.3, 0.4) is 0 Å². The number of benzene rings is 2. The lowest BCUT2D eigenvalue weighted by atomic mass is 10.1. The summed E-state index contributed by atoms with van der Waals surface area (Å²) in [4.78, 5) is 12.5. The first-order valence-corrected chi connectivity index (χ1v) is 10.2. The molecule has 2 aromatic carbocycles. The lowest BCUT2D eigenvalue weighted by Gasteiger charge is -2.25. The van der Waals surface area contributed by atoms with Crippen molar-refractivity contribution in [1.82, 2.24) is 0 Å². The zero-order valence-corrected chi connectivity index (χ0v) is 17.4. The van der Waals surface area contributed by atoms with Gasteiger partial charge < -0.3 is 25.4 Å². The van der Waals surface area contributed by atoms with Gasteiger partial charge in [0, 0.05) is 17.2 Å². The number of aliphatic hydroxyl groups is 1. The van der Waals surface area contributed by atoms with Gasteiger partial charge in [0.25, 0.3) is 5.91 Å². The highest BCUT2D eigenvalue weighted by Gasteiger charge is 2.55. The van der Waals surface area contributed by atoms with Crippen molar-refractivity contribution in [2.75, 3.05) is 18.5 Å². The average molecular weight is 465 g/mol. The maximum atomic E-state index is 12.8. The molecular weight excluding hydrogens is 445 g/mol. The third-order valence-electron chi connectivity index (χ3n) is 4.05. The number of carbonyl (C=O) groups excluding carboxylic acids is 1. The summed E-state index contributed by atoms with van der Waals surface area (Å²) < 4.78 is 56.5. The third-order valence-corrected chi connectivity index (χ3v) is 5.75. The van der Waals surface area contributed by atoms with Gasteiger partial charge in [0.05, 0.1) is 17.3 Å². The van der Waals surface area contributed by atoms with Gasteiger partial charge in [0.2, 0.25) is 5.60 Å². The molecule has 0 aliphatic heterocycles. The first-order valence-electron chi connectivity index (χ1n) is 8.72. The Labute approximate surface area is 179 Å². The predicted octanol–water partition coefficient (Wildman–Crippen LogP) is 3.49. The van der Waals surface area contributed by atoms with Gasteiger partial charge in [-0.05, 0) is 56.3 Å². The van der Waals surface area contributed by atoms with Gasteiger partial charge >= 0.3 is 6.18 Å². The van der Waals surface area contributed by atoms with Crippen molar-refractivity contribution in [3.63, 3.8) is 0 Å². The monoisotopic (exact) mass is 464 g/mol. The number of amides is 1. The summed E-state index contributed by atoms with van der Waals surface area (Å²) in [6, 6.07) is 10.4. The normalized spacial score (nSPS) is 14.7. The quantitative estimate of drug-likeness (QED) is 0.409. The average Bonchev–Trinajstić information content (AvgIpc) is 2.68. The fraction of sp³-hybridized carbons (Fsp3) is 0.316.